The highest BCUT2D eigenvalue weighted by atomic mass is 35.5. The molecule has 8 heteroatoms. The van der Waals surface area contributed by atoms with Gasteiger partial charge in [-0.25, -0.2) is 4.52 Å². The summed E-state index contributed by atoms with van der Waals surface area (Å²) in [5, 5.41) is 7.88. The summed E-state index contributed by atoms with van der Waals surface area (Å²) >= 11 is 6.25. The largest absolute Gasteiger partial charge is 0.379 e. The number of hydrogen-bond donors (Lipinski definition) is 1. The van der Waals surface area contributed by atoms with Gasteiger partial charge in [0.25, 0.3) is 0 Å². The lowest BCUT2D eigenvalue weighted by Gasteiger charge is -2.40. The van der Waals surface area contributed by atoms with E-state index in [2.05, 4.69) is 44.5 Å². The number of morpholine rings is 1. The van der Waals surface area contributed by atoms with E-state index in [1.807, 2.05) is 12.1 Å². The van der Waals surface area contributed by atoms with Crippen LogP contribution in [-0.4, -0.2) is 71.3 Å². The van der Waals surface area contributed by atoms with Gasteiger partial charge < -0.3 is 10.1 Å². The molecule has 1 N–H and O–H groups in total. The molecule has 0 bridgehead atoms. The summed E-state index contributed by atoms with van der Waals surface area (Å²) < 4.78 is 7.16. The van der Waals surface area contributed by atoms with Crippen LogP contribution in [0.3, 0.4) is 0 Å². The van der Waals surface area contributed by atoms with Gasteiger partial charge in [0.15, 0.2) is 0 Å². The number of nitrogens with zero attached hydrogens (tertiary/aromatic N) is 4. The second kappa shape index (κ2) is 9.58. The van der Waals surface area contributed by atoms with Gasteiger partial charge >= 0.3 is 0 Å². The van der Waals surface area contributed by atoms with E-state index in [-0.39, 0.29) is 0 Å². The third kappa shape index (κ3) is 4.52. The minimum absolute atomic E-state index is 0.555. The highest BCUT2D eigenvalue weighted by Crippen LogP contribution is 2.27. The lowest BCUT2D eigenvalue weighted by atomic mass is 10.0. The lowest BCUT2D eigenvalue weighted by Crippen LogP contribution is -2.48. The van der Waals surface area contributed by atoms with E-state index in [9.17, 15) is 4.79 Å². The average Bonchev–Trinajstić information content (AvgIpc) is 3.15. The van der Waals surface area contributed by atoms with Gasteiger partial charge in [-0.05, 0) is 43.6 Å². The molecule has 1 amide bonds. The Morgan fingerprint density at radius 1 is 1.06 bits per heavy atom. The molecule has 4 heterocycles. The number of carbonyl (C=O) groups is 1. The van der Waals surface area contributed by atoms with Crippen LogP contribution in [-0.2, 0) is 16.1 Å². The fourth-order valence-corrected chi connectivity index (χ4v) is 5.03. The van der Waals surface area contributed by atoms with Crippen LogP contribution in [0.15, 0.2) is 42.5 Å². The van der Waals surface area contributed by atoms with Crippen LogP contribution in [0.5, 0.6) is 0 Å². The number of benzene rings is 1. The quantitative estimate of drug-likeness (QED) is 0.578. The van der Waals surface area contributed by atoms with Gasteiger partial charge in [-0.15, -0.1) is 0 Å². The molecule has 2 aliphatic rings. The van der Waals surface area contributed by atoms with Gasteiger partial charge in [-0.2, -0.15) is 5.10 Å². The maximum atomic E-state index is 10.9. The Balaban J connectivity index is 1.23. The fourth-order valence-electron chi connectivity index (χ4n) is 4.78. The first-order valence-electron chi connectivity index (χ1n) is 11.2. The van der Waals surface area contributed by atoms with Crippen molar-refractivity contribution in [3.63, 3.8) is 0 Å². The number of nitrogens with one attached hydrogen (secondary N) is 1. The molecule has 5 rings (SSSR count). The normalized spacial score (nSPS) is 18.8. The summed E-state index contributed by atoms with van der Waals surface area (Å²) in [5.74, 6) is 0.555. The molecule has 2 aromatic heterocycles. The van der Waals surface area contributed by atoms with E-state index in [4.69, 9.17) is 16.3 Å². The number of aromatic nitrogens is 2. The molecule has 1 aromatic carbocycles. The van der Waals surface area contributed by atoms with Crippen LogP contribution >= 0.6 is 11.6 Å². The number of carbonyl (C=O) groups excluding carboxylic acids is 1. The van der Waals surface area contributed by atoms with Crippen LogP contribution in [0.2, 0.25) is 5.02 Å². The van der Waals surface area contributed by atoms with Crippen molar-refractivity contribution in [3.05, 3.63) is 53.1 Å². The summed E-state index contributed by atoms with van der Waals surface area (Å²) in [4.78, 5) is 16.0. The average molecular weight is 454 g/mol. The van der Waals surface area contributed by atoms with Gasteiger partial charge in [0.2, 0.25) is 6.41 Å². The zero-order valence-corrected chi connectivity index (χ0v) is 18.8. The number of piperidine rings is 1. The van der Waals surface area contributed by atoms with Crippen molar-refractivity contribution in [2.75, 3.05) is 44.7 Å². The maximum Gasteiger partial charge on any atom is 0.212 e. The van der Waals surface area contributed by atoms with Crippen molar-refractivity contribution in [2.24, 2.45) is 0 Å². The summed E-state index contributed by atoms with van der Waals surface area (Å²) in [6.07, 6.45) is 3.10. The molecule has 2 aliphatic heterocycles. The number of halogens is 1. The summed E-state index contributed by atoms with van der Waals surface area (Å²) in [6, 6.07) is 14.9. The number of amides is 1. The number of likely N-dealkylation sites (tertiary alicyclic amines) is 1. The monoisotopic (exact) mass is 453 g/mol. The Bertz CT molecular complexity index is 1070. The van der Waals surface area contributed by atoms with Crippen molar-refractivity contribution in [2.45, 2.75) is 25.4 Å². The second-order valence-electron chi connectivity index (χ2n) is 8.51. The van der Waals surface area contributed by atoms with Crippen LogP contribution in [0.4, 0.5) is 5.82 Å². The van der Waals surface area contributed by atoms with Crippen LogP contribution < -0.4 is 5.32 Å². The Labute approximate surface area is 192 Å². The van der Waals surface area contributed by atoms with Crippen molar-refractivity contribution < 1.29 is 9.53 Å². The number of rotatable bonds is 6. The van der Waals surface area contributed by atoms with Gasteiger partial charge in [-0.1, -0.05) is 35.9 Å². The Morgan fingerprint density at radius 2 is 1.81 bits per heavy atom. The molecule has 7 nitrogen and oxygen atoms in total. The fraction of sp³-hybridized carbons (Fsp3) is 0.417. The van der Waals surface area contributed by atoms with E-state index >= 15 is 0 Å². The van der Waals surface area contributed by atoms with E-state index in [1.54, 1.807) is 10.6 Å². The van der Waals surface area contributed by atoms with Gasteiger partial charge in [0.05, 0.1) is 29.4 Å². The van der Waals surface area contributed by atoms with Gasteiger partial charge in [-0.3, -0.25) is 14.6 Å². The molecule has 2 fully saturated rings. The Hall–Kier alpha value is -2.45. The highest BCUT2D eigenvalue weighted by molar-refractivity contribution is 6.34. The maximum absolute atomic E-state index is 10.9. The van der Waals surface area contributed by atoms with Crippen LogP contribution in [0, 0.1) is 0 Å². The number of hydrogen-bond acceptors (Lipinski definition) is 5. The van der Waals surface area contributed by atoms with Crippen LogP contribution in [0.25, 0.3) is 16.8 Å². The zero-order valence-electron chi connectivity index (χ0n) is 18.0. The Morgan fingerprint density at radius 3 is 2.53 bits per heavy atom. The SMILES string of the molecule is O=CNc1cc(Cl)c2ccc(-c3ccc(CN4CCC(N5CCOCC5)CC4)cc3)nn12. The summed E-state index contributed by atoms with van der Waals surface area (Å²) in [7, 11) is 0. The van der Waals surface area contributed by atoms with E-state index < -0.39 is 0 Å². The first-order chi connectivity index (χ1) is 15.7. The molecule has 0 atom stereocenters. The number of fused-ring (bicyclic) bond motifs is 1. The molecule has 0 aliphatic carbocycles. The molecule has 0 spiro atoms. The molecule has 32 heavy (non-hydrogen) atoms. The zero-order chi connectivity index (χ0) is 21.9. The van der Waals surface area contributed by atoms with E-state index in [1.165, 1.54) is 18.4 Å². The van der Waals surface area contributed by atoms with Crippen molar-refractivity contribution in [1.29, 1.82) is 0 Å². The second-order valence-corrected chi connectivity index (χ2v) is 8.92. The lowest BCUT2D eigenvalue weighted by molar-refractivity contribution is -0.105. The first kappa shape index (κ1) is 21.4. The smallest absolute Gasteiger partial charge is 0.212 e. The van der Waals surface area contributed by atoms with E-state index in [0.29, 0.717) is 23.3 Å². The van der Waals surface area contributed by atoms with Crippen molar-refractivity contribution in [1.82, 2.24) is 19.4 Å². The Kier molecular flexibility index (Phi) is 6.41. The molecule has 168 valence electrons. The van der Waals surface area contributed by atoms with Crippen molar-refractivity contribution >= 4 is 29.3 Å². The minimum atomic E-state index is 0.555. The predicted molar refractivity (Wildman–Crippen MR) is 126 cm³/mol. The molecule has 0 unspecified atom stereocenters. The van der Waals surface area contributed by atoms with Gasteiger partial charge in [0, 0.05) is 37.3 Å². The highest BCUT2D eigenvalue weighted by Gasteiger charge is 2.25. The summed E-state index contributed by atoms with van der Waals surface area (Å²) in [6.45, 7) is 7.16. The topological polar surface area (TPSA) is 62.1 Å². The molecule has 0 radical (unpaired) electrons. The molecule has 3 aromatic rings. The molecular formula is C24H28ClN5O2. The predicted octanol–water partition coefficient (Wildman–Crippen LogP) is 3.52. The number of anilines is 1. The minimum Gasteiger partial charge on any atom is -0.379 e. The third-order valence-corrected chi connectivity index (χ3v) is 6.86. The van der Waals surface area contributed by atoms with Crippen LogP contribution in [0.1, 0.15) is 18.4 Å². The molecule has 2 saturated heterocycles. The molecule has 0 saturated carbocycles. The van der Waals surface area contributed by atoms with Crippen molar-refractivity contribution in [3.8, 4) is 11.3 Å². The van der Waals surface area contributed by atoms with E-state index in [0.717, 1.165) is 62.7 Å². The summed E-state index contributed by atoms with van der Waals surface area (Å²) in [5.41, 5.74) is 3.93. The molecular weight excluding hydrogens is 426 g/mol. The third-order valence-electron chi connectivity index (χ3n) is 6.55. The van der Waals surface area contributed by atoms with Gasteiger partial charge in [0.1, 0.15) is 5.82 Å². The first-order valence-corrected chi connectivity index (χ1v) is 11.6. The number of ether oxygens (including phenoxy) is 1. The standard InChI is InChI=1S/C24H28ClN5O2/c25-21-15-24(26-17-31)30-23(21)6-5-22(27-30)19-3-1-18(2-4-19)16-28-9-7-20(8-10-28)29-11-13-32-14-12-29/h1-6,15,17,20H,7-14,16H2,(H,26,31).